The van der Waals surface area contributed by atoms with Crippen LogP contribution in [0.25, 0.3) is 6.08 Å². The summed E-state index contributed by atoms with van der Waals surface area (Å²) >= 11 is 0. The Morgan fingerprint density at radius 1 is 1.17 bits per heavy atom. The van der Waals surface area contributed by atoms with E-state index in [0.717, 1.165) is 11.3 Å². The Morgan fingerprint density at radius 2 is 2.00 bits per heavy atom. The second kappa shape index (κ2) is 6.39. The molecule has 1 aliphatic heterocycles. The molecule has 0 aliphatic carbocycles. The maximum absolute atomic E-state index is 12.1. The van der Waals surface area contributed by atoms with Crippen LogP contribution in [-0.2, 0) is 20.9 Å². The average Bonchev–Trinajstić information content (AvgIpc) is 3.07. The minimum atomic E-state index is -0.543. The Labute approximate surface area is 132 Å². The van der Waals surface area contributed by atoms with Gasteiger partial charge in [0.25, 0.3) is 0 Å². The summed E-state index contributed by atoms with van der Waals surface area (Å²) in [4.78, 5) is 23.7. The van der Waals surface area contributed by atoms with Crippen molar-refractivity contribution in [2.24, 2.45) is 0 Å². The number of carbonyl (C=O) groups excluding carboxylic acids is 2. The zero-order chi connectivity index (χ0) is 16.2. The Bertz CT molecular complexity index is 771. The number of esters is 2. The third kappa shape index (κ3) is 3.11. The lowest BCUT2D eigenvalue weighted by Crippen LogP contribution is -2.17. The highest BCUT2D eigenvalue weighted by Crippen LogP contribution is 2.26. The molecule has 0 unspecified atom stereocenters. The molecule has 0 saturated heterocycles. The van der Waals surface area contributed by atoms with Crippen LogP contribution in [0.2, 0.25) is 0 Å². The summed E-state index contributed by atoms with van der Waals surface area (Å²) in [5.41, 5.74) is 1.45. The van der Waals surface area contributed by atoms with E-state index in [1.165, 1.54) is 19.4 Å². The lowest BCUT2D eigenvalue weighted by atomic mass is 10.1. The van der Waals surface area contributed by atoms with E-state index in [9.17, 15) is 9.59 Å². The van der Waals surface area contributed by atoms with Crippen molar-refractivity contribution in [3.8, 4) is 5.75 Å². The van der Waals surface area contributed by atoms with Crippen molar-refractivity contribution < 1.29 is 28.2 Å². The van der Waals surface area contributed by atoms with E-state index in [1.54, 1.807) is 6.08 Å². The molecule has 0 atom stereocenters. The topological polar surface area (TPSA) is 75.0 Å². The van der Waals surface area contributed by atoms with Crippen molar-refractivity contribution >= 4 is 18.0 Å². The zero-order valence-corrected chi connectivity index (χ0v) is 12.4. The van der Waals surface area contributed by atoms with Gasteiger partial charge < -0.3 is 18.6 Å². The monoisotopic (exact) mass is 314 g/mol. The standard InChI is InChI=1S/C17H14O6/c1-20-17(19)13-6-7-21-15(13)10-23-16(18)12-8-11-4-2-3-5-14(11)22-9-12/h2-8H,9-10H2,1H3. The Hall–Kier alpha value is -3.02. The number of rotatable bonds is 4. The van der Waals surface area contributed by atoms with E-state index in [1.807, 2.05) is 24.3 Å². The summed E-state index contributed by atoms with van der Waals surface area (Å²) in [5.74, 6) is -0.100. The fourth-order valence-electron chi connectivity index (χ4n) is 2.20. The van der Waals surface area contributed by atoms with Gasteiger partial charge in [0.15, 0.2) is 12.4 Å². The Kier molecular flexibility index (Phi) is 4.14. The van der Waals surface area contributed by atoms with Gasteiger partial charge in [-0.05, 0) is 18.2 Å². The third-order valence-electron chi connectivity index (χ3n) is 3.38. The molecule has 1 aliphatic rings. The van der Waals surface area contributed by atoms with Crippen LogP contribution in [0, 0.1) is 0 Å². The number of methoxy groups -OCH3 is 1. The summed E-state index contributed by atoms with van der Waals surface area (Å²) in [5, 5.41) is 0. The molecule has 23 heavy (non-hydrogen) atoms. The molecule has 2 aromatic rings. The van der Waals surface area contributed by atoms with E-state index < -0.39 is 11.9 Å². The second-order valence-corrected chi connectivity index (χ2v) is 4.82. The van der Waals surface area contributed by atoms with Gasteiger partial charge in [-0.25, -0.2) is 9.59 Å². The summed E-state index contributed by atoms with van der Waals surface area (Å²) in [6.45, 7) is -0.0207. The van der Waals surface area contributed by atoms with E-state index in [2.05, 4.69) is 4.74 Å². The van der Waals surface area contributed by atoms with Gasteiger partial charge >= 0.3 is 11.9 Å². The highest BCUT2D eigenvalue weighted by molar-refractivity contribution is 5.95. The molecule has 0 amide bonds. The van der Waals surface area contributed by atoms with Crippen molar-refractivity contribution in [3.05, 3.63) is 59.1 Å². The minimum absolute atomic E-state index is 0.137. The largest absolute Gasteiger partial charge is 0.488 e. The minimum Gasteiger partial charge on any atom is -0.488 e. The molecular weight excluding hydrogens is 300 g/mol. The molecule has 0 radical (unpaired) electrons. The van der Waals surface area contributed by atoms with Gasteiger partial charge in [-0.2, -0.15) is 0 Å². The quantitative estimate of drug-likeness (QED) is 0.808. The normalized spacial score (nSPS) is 12.7. The van der Waals surface area contributed by atoms with Crippen LogP contribution in [0.4, 0.5) is 0 Å². The van der Waals surface area contributed by atoms with E-state index in [4.69, 9.17) is 13.9 Å². The van der Waals surface area contributed by atoms with E-state index in [-0.39, 0.29) is 24.5 Å². The van der Waals surface area contributed by atoms with Gasteiger partial charge in [0, 0.05) is 5.56 Å². The lowest BCUT2D eigenvalue weighted by molar-refractivity contribution is -0.141. The van der Waals surface area contributed by atoms with Crippen LogP contribution in [0.15, 0.2) is 46.6 Å². The number of carbonyl (C=O) groups is 2. The predicted molar refractivity (Wildman–Crippen MR) is 79.8 cm³/mol. The van der Waals surface area contributed by atoms with Crippen LogP contribution >= 0.6 is 0 Å². The molecule has 1 aromatic carbocycles. The molecule has 0 saturated carbocycles. The fourth-order valence-corrected chi connectivity index (χ4v) is 2.20. The van der Waals surface area contributed by atoms with Crippen LogP contribution in [0.5, 0.6) is 5.75 Å². The fraction of sp³-hybridized carbons (Fsp3) is 0.176. The van der Waals surface area contributed by atoms with Gasteiger partial charge in [0.05, 0.1) is 18.9 Å². The Morgan fingerprint density at radius 3 is 2.83 bits per heavy atom. The molecule has 6 heteroatoms. The molecule has 6 nitrogen and oxygen atoms in total. The first-order chi connectivity index (χ1) is 11.2. The smallest absolute Gasteiger partial charge is 0.341 e. The molecule has 0 bridgehead atoms. The number of ether oxygens (including phenoxy) is 3. The zero-order valence-electron chi connectivity index (χ0n) is 12.4. The number of hydrogen-bond donors (Lipinski definition) is 0. The molecule has 2 heterocycles. The van der Waals surface area contributed by atoms with Gasteiger partial charge in [-0.1, -0.05) is 18.2 Å². The van der Waals surface area contributed by atoms with E-state index in [0.29, 0.717) is 5.57 Å². The van der Waals surface area contributed by atoms with Gasteiger partial charge in [-0.15, -0.1) is 0 Å². The number of fused-ring (bicyclic) bond motifs is 1. The average molecular weight is 314 g/mol. The van der Waals surface area contributed by atoms with E-state index >= 15 is 0 Å². The van der Waals surface area contributed by atoms with Crippen molar-refractivity contribution in [1.29, 1.82) is 0 Å². The number of hydrogen-bond acceptors (Lipinski definition) is 6. The van der Waals surface area contributed by atoms with Crippen LogP contribution < -0.4 is 4.74 Å². The second-order valence-electron chi connectivity index (χ2n) is 4.82. The number of benzene rings is 1. The maximum Gasteiger partial charge on any atom is 0.341 e. The SMILES string of the molecule is COC(=O)c1ccoc1COC(=O)C1=Cc2ccccc2OC1. The molecule has 0 spiro atoms. The molecule has 1 aromatic heterocycles. The third-order valence-corrected chi connectivity index (χ3v) is 3.38. The molecule has 118 valence electrons. The summed E-state index contributed by atoms with van der Waals surface area (Å²) in [6.07, 6.45) is 3.07. The number of para-hydroxylation sites is 1. The molecule has 3 rings (SSSR count). The van der Waals surface area contributed by atoms with Crippen molar-refractivity contribution in [2.75, 3.05) is 13.7 Å². The van der Waals surface area contributed by atoms with Crippen LogP contribution in [-0.4, -0.2) is 25.7 Å². The van der Waals surface area contributed by atoms with Crippen molar-refractivity contribution in [3.63, 3.8) is 0 Å². The predicted octanol–water partition coefficient (Wildman–Crippen LogP) is 2.59. The summed E-state index contributed by atoms with van der Waals surface area (Å²) < 4.78 is 20.5. The van der Waals surface area contributed by atoms with Crippen molar-refractivity contribution in [2.45, 2.75) is 6.61 Å². The van der Waals surface area contributed by atoms with Gasteiger partial charge in [0.1, 0.15) is 17.9 Å². The lowest BCUT2D eigenvalue weighted by Gasteiger charge is -2.16. The van der Waals surface area contributed by atoms with Crippen LogP contribution in [0.3, 0.4) is 0 Å². The van der Waals surface area contributed by atoms with Crippen molar-refractivity contribution in [1.82, 2.24) is 0 Å². The molecular formula is C17H14O6. The van der Waals surface area contributed by atoms with Crippen LogP contribution in [0.1, 0.15) is 21.7 Å². The number of furan rings is 1. The molecule has 0 fully saturated rings. The summed E-state index contributed by atoms with van der Waals surface area (Å²) in [7, 11) is 1.27. The highest BCUT2D eigenvalue weighted by atomic mass is 16.5. The first-order valence-corrected chi connectivity index (χ1v) is 6.93. The van der Waals surface area contributed by atoms with Gasteiger partial charge in [-0.3, -0.25) is 0 Å². The summed E-state index contributed by atoms with van der Waals surface area (Å²) in [6, 6.07) is 8.87. The highest BCUT2D eigenvalue weighted by Gasteiger charge is 2.21. The Balaban J connectivity index is 1.68. The van der Waals surface area contributed by atoms with Gasteiger partial charge in [0.2, 0.25) is 0 Å². The first kappa shape index (κ1) is 14.9. The first-order valence-electron chi connectivity index (χ1n) is 6.93. The molecule has 0 N–H and O–H groups in total. The maximum atomic E-state index is 12.1.